The van der Waals surface area contributed by atoms with Crippen LogP contribution in [0.25, 0.3) is 0 Å². The van der Waals surface area contributed by atoms with Crippen molar-refractivity contribution in [2.75, 3.05) is 7.05 Å². The molecule has 0 N–H and O–H groups in total. The van der Waals surface area contributed by atoms with Gasteiger partial charge in [-0.3, -0.25) is 4.79 Å². The zero-order valence-electron chi connectivity index (χ0n) is 9.78. The van der Waals surface area contributed by atoms with Gasteiger partial charge in [-0.25, -0.2) is 0 Å². The molecular formula is C11H18N2O2. The van der Waals surface area contributed by atoms with E-state index in [4.69, 9.17) is 4.52 Å². The fraction of sp³-hybridized carbons (Fsp3) is 0.636. The Bertz CT molecular complexity index is 333. The number of nitrogens with zero attached hydrogens (tertiary/aromatic N) is 2. The van der Waals surface area contributed by atoms with Gasteiger partial charge in [0.2, 0.25) is 5.91 Å². The summed E-state index contributed by atoms with van der Waals surface area (Å²) >= 11 is 0. The summed E-state index contributed by atoms with van der Waals surface area (Å²) in [6, 6.07) is 1.85. The number of amides is 1. The standard InChI is InChI=1S/C11H18N2O2/c1-5-8(2)11(14)13(4)7-10-6-9(3)15-12-10/h6,8H,5,7H2,1-4H3/t8-/m1/s1. The molecule has 1 atom stereocenters. The average Bonchev–Trinajstić information content (AvgIpc) is 2.61. The summed E-state index contributed by atoms with van der Waals surface area (Å²) in [4.78, 5) is 13.4. The van der Waals surface area contributed by atoms with Crippen molar-refractivity contribution in [1.82, 2.24) is 10.1 Å². The molecular weight excluding hydrogens is 192 g/mol. The molecule has 0 aromatic carbocycles. The van der Waals surface area contributed by atoms with Crippen molar-refractivity contribution in [1.29, 1.82) is 0 Å². The number of carbonyl (C=O) groups is 1. The first-order valence-corrected chi connectivity index (χ1v) is 5.21. The highest BCUT2D eigenvalue weighted by atomic mass is 16.5. The quantitative estimate of drug-likeness (QED) is 0.763. The van der Waals surface area contributed by atoms with E-state index in [2.05, 4.69) is 5.16 Å². The Hall–Kier alpha value is -1.32. The smallest absolute Gasteiger partial charge is 0.225 e. The lowest BCUT2D eigenvalue weighted by molar-refractivity contribution is -0.134. The van der Waals surface area contributed by atoms with Crippen LogP contribution in [0.4, 0.5) is 0 Å². The Labute approximate surface area is 90.2 Å². The van der Waals surface area contributed by atoms with Gasteiger partial charge in [0.25, 0.3) is 0 Å². The van der Waals surface area contributed by atoms with Crippen LogP contribution in [0.5, 0.6) is 0 Å². The molecule has 0 radical (unpaired) electrons. The summed E-state index contributed by atoms with van der Waals surface area (Å²) in [7, 11) is 1.79. The second-order valence-electron chi connectivity index (χ2n) is 3.93. The molecule has 15 heavy (non-hydrogen) atoms. The fourth-order valence-electron chi connectivity index (χ4n) is 1.36. The molecule has 1 amide bonds. The molecule has 0 bridgehead atoms. The van der Waals surface area contributed by atoms with Crippen LogP contribution in [0, 0.1) is 12.8 Å². The third-order valence-electron chi connectivity index (χ3n) is 2.49. The van der Waals surface area contributed by atoms with Crippen molar-refractivity contribution in [3.05, 3.63) is 17.5 Å². The lowest BCUT2D eigenvalue weighted by Gasteiger charge is -2.19. The van der Waals surface area contributed by atoms with Gasteiger partial charge in [-0.05, 0) is 13.3 Å². The van der Waals surface area contributed by atoms with Gasteiger partial charge in [-0.2, -0.15) is 0 Å². The summed E-state index contributed by atoms with van der Waals surface area (Å²) in [6.45, 7) is 6.30. The van der Waals surface area contributed by atoms with E-state index in [9.17, 15) is 4.79 Å². The van der Waals surface area contributed by atoms with Gasteiger partial charge in [-0.15, -0.1) is 0 Å². The maximum Gasteiger partial charge on any atom is 0.225 e. The van der Waals surface area contributed by atoms with E-state index in [0.29, 0.717) is 6.54 Å². The van der Waals surface area contributed by atoms with Gasteiger partial charge in [0.15, 0.2) is 0 Å². The molecule has 0 fully saturated rings. The highest BCUT2D eigenvalue weighted by Gasteiger charge is 2.16. The molecule has 1 aromatic rings. The van der Waals surface area contributed by atoms with Crippen LogP contribution in [0.3, 0.4) is 0 Å². The Morgan fingerprint density at radius 1 is 1.67 bits per heavy atom. The zero-order chi connectivity index (χ0) is 11.4. The van der Waals surface area contributed by atoms with E-state index in [0.717, 1.165) is 17.9 Å². The van der Waals surface area contributed by atoms with Gasteiger partial charge >= 0.3 is 0 Å². The van der Waals surface area contributed by atoms with E-state index >= 15 is 0 Å². The third kappa shape index (κ3) is 3.08. The molecule has 1 rings (SSSR count). The number of aromatic nitrogens is 1. The maximum atomic E-state index is 11.8. The summed E-state index contributed by atoms with van der Waals surface area (Å²) < 4.78 is 4.94. The molecule has 1 heterocycles. The molecule has 0 saturated heterocycles. The van der Waals surface area contributed by atoms with E-state index in [-0.39, 0.29) is 11.8 Å². The van der Waals surface area contributed by atoms with Crippen molar-refractivity contribution in [2.45, 2.75) is 33.7 Å². The Kier molecular flexibility index (Phi) is 3.88. The molecule has 1 aromatic heterocycles. The summed E-state index contributed by atoms with van der Waals surface area (Å²) in [5, 5.41) is 3.85. The van der Waals surface area contributed by atoms with Crippen molar-refractivity contribution >= 4 is 5.91 Å². The van der Waals surface area contributed by atoms with Gasteiger partial charge < -0.3 is 9.42 Å². The van der Waals surface area contributed by atoms with Gasteiger partial charge in [0.05, 0.1) is 6.54 Å². The van der Waals surface area contributed by atoms with Gasteiger partial charge in [0, 0.05) is 19.0 Å². The number of hydrogen-bond donors (Lipinski definition) is 0. The van der Waals surface area contributed by atoms with Crippen LogP contribution < -0.4 is 0 Å². The van der Waals surface area contributed by atoms with Crippen molar-refractivity contribution in [3.63, 3.8) is 0 Å². The molecule has 0 unspecified atom stereocenters. The number of carbonyl (C=O) groups excluding carboxylic acids is 1. The minimum Gasteiger partial charge on any atom is -0.361 e. The zero-order valence-corrected chi connectivity index (χ0v) is 9.78. The molecule has 0 saturated carbocycles. The molecule has 0 aliphatic rings. The van der Waals surface area contributed by atoms with Crippen LogP contribution in [-0.4, -0.2) is 23.0 Å². The molecule has 4 heteroatoms. The van der Waals surface area contributed by atoms with Crippen LogP contribution >= 0.6 is 0 Å². The Morgan fingerprint density at radius 2 is 2.33 bits per heavy atom. The van der Waals surface area contributed by atoms with Crippen molar-refractivity contribution < 1.29 is 9.32 Å². The first-order chi connectivity index (χ1) is 7.04. The van der Waals surface area contributed by atoms with Crippen molar-refractivity contribution in [3.8, 4) is 0 Å². The van der Waals surface area contributed by atoms with Crippen LogP contribution in [0.15, 0.2) is 10.6 Å². The van der Waals surface area contributed by atoms with E-state index in [1.165, 1.54) is 0 Å². The SMILES string of the molecule is CC[C@@H](C)C(=O)N(C)Cc1cc(C)on1. The van der Waals surface area contributed by atoms with Crippen LogP contribution in [0.2, 0.25) is 0 Å². The largest absolute Gasteiger partial charge is 0.361 e. The lowest BCUT2D eigenvalue weighted by atomic mass is 10.1. The minimum atomic E-state index is 0.0722. The van der Waals surface area contributed by atoms with Crippen LogP contribution in [0.1, 0.15) is 31.7 Å². The predicted molar refractivity (Wildman–Crippen MR) is 57.2 cm³/mol. The second-order valence-corrected chi connectivity index (χ2v) is 3.93. The van der Waals surface area contributed by atoms with Gasteiger partial charge in [0.1, 0.15) is 11.5 Å². The number of rotatable bonds is 4. The molecule has 0 spiro atoms. The minimum absolute atomic E-state index is 0.0722. The monoisotopic (exact) mass is 210 g/mol. The topological polar surface area (TPSA) is 46.3 Å². The molecule has 4 nitrogen and oxygen atoms in total. The average molecular weight is 210 g/mol. The number of hydrogen-bond acceptors (Lipinski definition) is 3. The molecule has 0 aliphatic heterocycles. The lowest BCUT2D eigenvalue weighted by Crippen LogP contribution is -2.31. The highest BCUT2D eigenvalue weighted by molar-refractivity contribution is 5.78. The van der Waals surface area contributed by atoms with E-state index in [1.54, 1.807) is 11.9 Å². The fourth-order valence-corrected chi connectivity index (χ4v) is 1.36. The normalized spacial score (nSPS) is 12.5. The van der Waals surface area contributed by atoms with Crippen molar-refractivity contribution in [2.24, 2.45) is 5.92 Å². The predicted octanol–water partition coefficient (Wildman–Crippen LogP) is 1.99. The Morgan fingerprint density at radius 3 is 2.80 bits per heavy atom. The van der Waals surface area contributed by atoms with E-state index in [1.807, 2.05) is 26.8 Å². The number of aryl methyl sites for hydroxylation is 1. The Balaban J connectivity index is 2.55. The third-order valence-corrected chi connectivity index (χ3v) is 2.49. The first kappa shape index (κ1) is 11.8. The second kappa shape index (κ2) is 4.96. The van der Waals surface area contributed by atoms with E-state index < -0.39 is 0 Å². The van der Waals surface area contributed by atoms with Gasteiger partial charge in [-0.1, -0.05) is 19.0 Å². The molecule has 84 valence electrons. The highest BCUT2D eigenvalue weighted by Crippen LogP contribution is 2.09. The summed E-state index contributed by atoms with van der Waals surface area (Å²) in [5.41, 5.74) is 0.798. The summed E-state index contributed by atoms with van der Waals surface area (Å²) in [5.74, 6) is 0.996. The maximum absolute atomic E-state index is 11.8. The molecule has 0 aliphatic carbocycles. The van der Waals surface area contributed by atoms with Crippen LogP contribution in [-0.2, 0) is 11.3 Å². The summed E-state index contributed by atoms with van der Waals surface area (Å²) in [6.07, 6.45) is 0.862. The first-order valence-electron chi connectivity index (χ1n) is 5.21.